The van der Waals surface area contributed by atoms with E-state index < -0.39 is 18.5 Å². The molecule has 3 heterocycles. The lowest BCUT2D eigenvalue weighted by molar-refractivity contribution is -0.130. The summed E-state index contributed by atoms with van der Waals surface area (Å²) in [5, 5.41) is 12.1. The largest absolute Gasteiger partial charge is 0.398 e. The van der Waals surface area contributed by atoms with Crippen molar-refractivity contribution in [1.82, 2.24) is 29.8 Å². The molecule has 0 saturated heterocycles. The Morgan fingerprint density at radius 2 is 1.94 bits per heavy atom. The molecular formula is C21H19ClF3N7O. The van der Waals surface area contributed by atoms with Gasteiger partial charge in [0.15, 0.2) is 5.82 Å². The van der Waals surface area contributed by atoms with Gasteiger partial charge in [-0.15, -0.1) is 5.10 Å². The Morgan fingerprint density at radius 3 is 2.61 bits per heavy atom. The van der Waals surface area contributed by atoms with Crippen molar-refractivity contribution < 1.29 is 17.9 Å². The van der Waals surface area contributed by atoms with Gasteiger partial charge in [-0.25, -0.2) is 9.07 Å². The summed E-state index contributed by atoms with van der Waals surface area (Å²) in [6, 6.07) is 5.68. The second-order valence-corrected chi connectivity index (χ2v) is 7.59. The number of hydrogen-bond donors (Lipinski definition) is 1. The van der Waals surface area contributed by atoms with Crippen LogP contribution in [-0.4, -0.2) is 43.0 Å². The molecule has 0 aliphatic carbocycles. The minimum absolute atomic E-state index is 0.0565. The van der Waals surface area contributed by atoms with Crippen LogP contribution in [0.4, 0.5) is 18.9 Å². The van der Waals surface area contributed by atoms with Crippen molar-refractivity contribution in [3.63, 3.8) is 0 Å². The molecule has 0 aliphatic rings. The van der Waals surface area contributed by atoms with E-state index in [4.69, 9.17) is 17.3 Å². The van der Waals surface area contributed by atoms with E-state index in [1.54, 1.807) is 47.1 Å². The first kappa shape index (κ1) is 22.7. The van der Waals surface area contributed by atoms with E-state index in [0.29, 0.717) is 11.3 Å². The maximum Gasteiger partial charge on any atom is 0.345 e. The summed E-state index contributed by atoms with van der Waals surface area (Å²) in [5.74, 6) is -0.644. The number of nitrogens with zero attached hydrogens (tertiary/aromatic N) is 6. The molecule has 0 spiro atoms. The van der Waals surface area contributed by atoms with Crippen LogP contribution in [0.1, 0.15) is 18.2 Å². The van der Waals surface area contributed by atoms with Gasteiger partial charge in [0, 0.05) is 41.8 Å². The number of nitrogens with two attached hydrogens (primary N) is 1. The first-order chi connectivity index (χ1) is 15.8. The molecular weight excluding hydrogens is 459 g/mol. The Morgan fingerprint density at radius 1 is 1.12 bits per heavy atom. The summed E-state index contributed by atoms with van der Waals surface area (Å²) in [4.78, 5) is 4.43. The van der Waals surface area contributed by atoms with Gasteiger partial charge < -0.3 is 10.5 Å². The smallest absolute Gasteiger partial charge is 0.345 e. The summed E-state index contributed by atoms with van der Waals surface area (Å²) in [7, 11) is 1.74. The molecule has 4 aromatic rings. The minimum Gasteiger partial charge on any atom is -0.398 e. The molecule has 0 saturated carbocycles. The highest BCUT2D eigenvalue weighted by atomic mass is 35.5. The van der Waals surface area contributed by atoms with Crippen molar-refractivity contribution in [3.05, 3.63) is 65.6 Å². The highest BCUT2D eigenvalue weighted by Crippen LogP contribution is 2.33. The molecule has 1 unspecified atom stereocenters. The van der Waals surface area contributed by atoms with Gasteiger partial charge in [0.1, 0.15) is 0 Å². The number of ether oxygens (including phenoxy) is 1. The molecule has 12 heteroatoms. The van der Waals surface area contributed by atoms with Crippen molar-refractivity contribution in [1.29, 1.82) is 0 Å². The quantitative estimate of drug-likeness (QED) is 0.379. The van der Waals surface area contributed by atoms with Crippen LogP contribution in [0.2, 0.25) is 5.02 Å². The maximum atomic E-state index is 14.5. The first-order valence-corrected chi connectivity index (χ1v) is 10.2. The van der Waals surface area contributed by atoms with Crippen molar-refractivity contribution in [2.75, 3.05) is 12.3 Å². The number of halogens is 4. The van der Waals surface area contributed by atoms with Crippen LogP contribution in [0.25, 0.3) is 22.4 Å². The zero-order valence-electron chi connectivity index (χ0n) is 17.4. The molecule has 4 rings (SSSR count). The molecule has 1 aromatic carbocycles. The minimum atomic E-state index is -2.89. The van der Waals surface area contributed by atoms with Gasteiger partial charge in [-0.05, 0) is 24.6 Å². The van der Waals surface area contributed by atoms with Crippen molar-refractivity contribution in [2.24, 2.45) is 7.05 Å². The highest BCUT2D eigenvalue weighted by Gasteiger charge is 2.20. The molecule has 0 bridgehead atoms. The topological polar surface area (TPSA) is 96.7 Å². The first-order valence-electron chi connectivity index (χ1n) is 9.84. The number of pyridine rings is 1. The van der Waals surface area contributed by atoms with E-state index in [9.17, 15) is 13.2 Å². The number of rotatable bonds is 8. The van der Waals surface area contributed by atoms with Gasteiger partial charge in [-0.1, -0.05) is 22.9 Å². The Bertz CT molecular complexity index is 1240. The normalized spacial score (nSPS) is 12.4. The van der Waals surface area contributed by atoms with Crippen molar-refractivity contribution >= 4 is 17.3 Å². The lowest BCUT2D eigenvalue weighted by Crippen LogP contribution is -2.16. The Hall–Kier alpha value is -3.44. The second kappa shape index (κ2) is 9.59. The fourth-order valence-corrected chi connectivity index (χ4v) is 3.64. The number of benzene rings is 1. The molecule has 3 aromatic heterocycles. The molecule has 0 radical (unpaired) electrons. The average molecular weight is 478 g/mol. The number of nitrogen functional groups attached to an aromatic ring is 1. The van der Waals surface area contributed by atoms with Gasteiger partial charge in [-0.2, -0.15) is 13.9 Å². The summed E-state index contributed by atoms with van der Waals surface area (Å²) in [6.45, 7) is -3.10. The third-order valence-electron chi connectivity index (χ3n) is 5.11. The Balaban J connectivity index is 1.66. The average Bonchev–Trinajstić information content (AvgIpc) is 3.43. The Kier molecular flexibility index (Phi) is 6.61. The third-order valence-corrected chi connectivity index (χ3v) is 5.40. The predicted octanol–water partition coefficient (Wildman–Crippen LogP) is 4.33. The van der Waals surface area contributed by atoms with Crippen LogP contribution in [-0.2, 0) is 11.8 Å². The fourth-order valence-electron chi connectivity index (χ4n) is 3.49. The predicted molar refractivity (Wildman–Crippen MR) is 116 cm³/mol. The molecule has 8 nitrogen and oxygen atoms in total. The van der Waals surface area contributed by atoms with Gasteiger partial charge in [0.25, 0.3) is 0 Å². The van der Waals surface area contributed by atoms with E-state index in [1.165, 1.54) is 18.3 Å². The molecule has 0 aliphatic heterocycles. The van der Waals surface area contributed by atoms with E-state index in [-0.39, 0.29) is 29.3 Å². The van der Waals surface area contributed by atoms with Crippen molar-refractivity contribution in [3.8, 4) is 22.4 Å². The van der Waals surface area contributed by atoms with Crippen LogP contribution in [0.5, 0.6) is 0 Å². The number of alkyl halides is 2. The lowest BCUT2D eigenvalue weighted by Gasteiger charge is -2.18. The lowest BCUT2D eigenvalue weighted by atomic mass is 10.0. The third kappa shape index (κ3) is 4.83. The van der Waals surface area contributed by atoms with Crippen LogP contribution in [0.15, 0.2) is 49.1 Å². The zero-order valence-corrected chi connectivity index (χ0v) is 18.1. The zero-order chi connectivity index (χ0) is 23.5. The summed E-state index contributed by atoms with van der Waals surface area (Å²) in [5.41, 5.74) is 8.72. The van der Waals surface area contributed by atoms with Gasteiger partial charge >= 0.3 is 6.61 Å². The van der Waals surface area contributed by atoms with E-state index in [1.807, 2.05) is 0 Å². The molecule has 1 atom stereocenters. The molecule has 0 amide bonds. The van der Waals surface area contributed by atoms with Crippen molar-refractivity contribution in [2.45, 2.75) is 19.1 Å². The van der Waals surface area contributed by atoms with Crippen LogP contribution in [0.3, 0.4) is 0 Å². The maximum absolute atomic E-state index is 14.5. The summed E-state index contributed by atoms with van der Waals surface area (Å²) >= 11 is 5.89. The van der Waals surface area contributed by atoms with Gasteiger partial charge in [0.05, 0.1) is 41.5 Å². The fraction of sp³-hybridized carbons (Fsp3) is 0.238. The number of hydrogen-bond acceptors (Lipinski definition) is 6. The summed E-state index contributed by atoms with van der Waals surface area (Å²) < 4.78 is 47.2. The van der Waals surface area contributed by atoms with Crippen LogP contribution >= 0.6 is 11.6 Å². The van der Waals surface area contributed by atoms with E-state index in [2.05, 4.69) is 25.1 Å². The standard InChI is InChI=1S/C21H19ClF3N7O/c1-31-18(10-28-30-31)13-9-29-32(11-13)17(6-7-33-21(24)25)16-5-2-12(8-27-16)19-15(26)4-3-14(22)20(19)23/h2-5,8-11,17,21H,6-7,26H2,1H3. The second-order valence-electron chi connectivity index (χ2n) is 7.19. The monoisotopic (exact) mass is 477 g/mol. The van der Waals surface area contributed by atoms with E-state index >= 15 is 0 Å². The molecule has 2 N–H and O–H groups in total. The number of anilines is 1. The van der Waals surface area contributed by atoms with Crippen LogP contribution in [0, 0.1) is 5.82 Å². The Labute approximate surface area is 191 Å². The number of aryl methyl sites for hydroxylation is 1. The van der Waals surface area contributed by atoms with Gasteiger partial charge in [-0.3, -0.25) is 9.67 Å². The van der Waals surface area contributed by atoms with Gasteiger partial charge in [0.2, 0.25) is 0 Å². The van der Waals surface area contributed by atoms with E-state index in [0.717, 1.165) is 11.3 Å². The van der Waals surface area contributed by atoms with Crippen LogP contribution < -0.4 is 5.73 Å². The molecule has 0 fully saturated rings. The molecule has 33 heavy (non-hydrogen) atoms. The highest BCUT2D eigenvalue weighted by molar-refractivity contribution is 6.31. The summed E-state index contributed by atoms with van der Waals surface area (Å²) in [6.07, 6.45) is 6.59. The SMILES string of the molecule is Cn1nncc1-c1cnn(C(CCOC(F)F)c2ccc(-c3c(N)ccc(Cl)c3F)cn2)c1. The number of aromatic nitrogens is 6. The molecule has 172 valence electrons.